The lowest BCUT2D eigenvalue weighted by Crippen LogP contribution is -2.53. The van der Waals surface area contributed by atoms with Crippen molar-refractivity contribution in [3.63, 3.8) is 0 Å². The number of halogens is 2. The van der Waals surface area contributed by atoms with Crippen molar-refractivity contribution < 1.29 is 38.0 Å². The van der Waals surface area contributed by atoms with Crippen LogP contribution in [0.4, 0.5) is 10.5 Å². The topological polar surface area (TPSA) is 114 Å². The average Bonchev–Trinajstić information content (AvgIpc) is 3.15. The maximum absolute atomic E-state index is 13.7. The molecule has 4 aromatic rings. The van der Waals surface area contributed by atoms with E-state index in [1.54, 1.807) is 66.6 Å². The van der Waals surface area contributed by atoms with E-state index in [1.807, 2.05) is 12.1 Å². The highest BCUT2D eigenvalue weighted by atomic mass is 35.5. The number of nitrogens with zero attached hydrogens (tertiary/aromatic N) is 3. The molecule has 2 atom stereocenters. The van der Waals surface area contributed by atoms with Crippen molar-refractivity contribution in [2.75, 3.05) is 45.9 Å². The van der Waals surface area contributed by atoms with Gasteiger partial charge in [-0.3, -0.25) is 9.80 Å². The molecule has 51 heavy (non-hydrogen) atoms. The summed E-state index contributed by atoms with van der Waals surface area (Å²) < 4.78 is 28.9. The van der Waals surface area contributed by atoms with Crippen LogP contribution in [0.3, 0.4) is 0 Å². The first-order valence-corrected chi connectivity index (χ1v) is 17.3. The minimum absolute atomic E-state index is 0.0797. The van der Waals surface area contributed by atoms with Gasteiger partial charge >= 0.3 is 12.1 Å². The summed E-state index contributed by atoms with van der Waals surface area (Å²) in [6, 6.07) is 19.3. The van der Waals surface area contributed by atoms with Gasteiger partial charge in [-0.15, -0.1) is 0 Å². The van der Waals surface area contributed by atoms with Crippen molar-refractivity contribution in [2.45, 2.75) is 38.0 Å². The summed E-state index contributed by atoms with van der Waals surface area (Å²) in [6.45, 7) is 3.04. The van der Waals surface area contributed by atoms with E-state index < -0.39 is 18.2 Å². The molecule has 0 spiro atoms. The fourth-order valence-electron chi connectivity index (χ4n) is 6.58. The van der Waals surface area contributed by atoms with Crippen molar-refractivity contribution in [1.82, 2.24) is 4.90 Å². The first-order valence-electron chi connectivity index (χ1n) is 16.6. The molecule has 3 aliphatic rings. The number of rotatable bonds is 12. The van der Waals surface area contributed by atoms with E-state index in [0.29, 0.717) is 44.7 Å². The van der Waals surface area contributed by atoms with Gasteiger partial charge in [-0.1, -0.05) is 41.4 Å². The summed E-state index contributed by atoms with van der Waals surface area (Å²) in [4.78, 5) is 31.3. The van der Waals surface area contributed by atoms with Gasteiger partial charge in [0.05, 0.1) is 33.4 Å². The van der Waals surface area contributed by atoms with Gasteiger partial charge in [0.1, 0.15) is 28.0 Å². The third-order valence-electron chi connectivity index (χ3n) is 9.46. The number of amides is 1. The molecule has 3 saturated heterocycles. The first kappa shape index (κ1) is 36.1. The van der Waals surface area contributed by atoms with Crippen LogP contribution in [0.2, 0.25) is 10.0 Å². The second kappa shape index (κ2) is 16.1. The number of aromatic nitrogens is 1. The minimum atomic E-state index is -0.860. The fraction of sp³-hybridized carbons (Fsp3) is 0.342. The summed E-state index contributed by atoms with van der Waals surface area (Å²) in [5, 5.41) is 12.2. The van der Waals surface area contributed by atoms with Gasteiger partial charge in [0, 0.05) is 24.2 Å². The summed E-state index contributed by atoms with van der Waals surface area (Å²) in [7, 11) is 4.62. The Morgan fingerprint density at radius 1 is 0.902 bits per heavy atom. The predicted octanol–water partition coefficient (Wildman–Crippen LogP) is 7.03. The van der Waals surface area contributed by atoms with Gasteiger partial charge in [0.15, 0.2) is 23.9 Å². The maximum atomic E-state index is 13.7. The minimum Gasteiger partial charge on any atom is -0.619 e. The number of piperidine rings is 3. The standard InChI is InChI=1S/C38H39Cl2N3O8/c1-47-29-11-9-28(10-12-29)43(38(45)51-36-23-41-16-14-25(36)15-17-41)20-24-4-6-26(7-5-24)37(44)50-34(19-30-31(39)21-42(46)22-32(30)40)27-8-13-33(48-2)35(18-27)49-3/h4-13,18,21-22,25,34,36H,14-17,19-20,23H2,1-3H3/t34-,36+/m1/s1. The lowest BCUT2D eigenvalue weighted by atomic mass is 9.86. The highest BCUT2D eigenvalue weighted by Crippen LogP contribution is 2.36. The zero-order valence-corrected chi connectivity index (χ0v) is 30.1. The second-order valence-corrected chi connectivity index (χ2v) is 13.4. The molecule has 0 aliphatic carbocycles. The Kier molecular flexibility index (Phi) is 11.4. The average molecular weight is 737 g/mol. The molecule has 0 unspecified atom stereocenters. The van der Waals surface area contributed by atoms with Crippen molar-refractivity contribution in [1.29, 1.82) is 0 Å². The van der Waals surface area contributed by atoms with Gasteiger partial charge < -0.3 is 28.9 Å². The first-order chi connectivity index (χ1) is 24.6. The van der Waals surface area contributed by atoms with E-state index >= 15 is 0 Å². The molecule has 7 rings (SSSR count). The highest BCUT2D eigenvalue weighted by Gasteiger charge is 2.37. The summed E-state index contributed by atoms with van der Waals surface area (Å²) in [5.74, 6) is 1.38. The van der Waals surface area contributed by atoms with E-state index in [1.165, 1.54) is 26.6 Å². The molecule has 4 heterocycles. The Morgan fingerprint density at radius 2 is 1.57 bits per heavy atom. The molecule has 11 nitrogen and oxygen atoms in total. The zero-order valence-electron chi connectivity index (χ0n) is 28.6. The molecule has 3 fully saturated rings. The molecule has 13 heteroatoms. The van der Waals surface area contributed by atoms with E-state index in [-0.39, 0.29) is 34.7 Å². The number of pyridine rings is 1. The maximum Gasteiger partial charge on any atom is 0.414 e. The number of hydrogen-bond donors (Lipinski definition) is 0. The number of benzene rings is 3. The van der Waals surface area contributed by atoms with Crippen molar-refractivity contribution >= 4 is 41.0 Å². The lowest BCUT2D eigenvalue weighted by Gasteiger charge is -2.44. The van der Waals surface area contributed by atoms with Gasteiger partial charge in [-0.2, -0.15) is 4.73 Å². The van der Waals surface area contributed by atoms with Crippen molar-refractivity contribution in [3.8, 4) is 17.2 Å². The Bertz CT molecular complexity index is 1830. The molecule has 1 aromatic heterocycles. The van der Waals surface area contributed by atoms with Crippen molar-refractivity contribution in [2.24, 2.45) is 5.92 Å². The third kappa shape index (κ3) is 8.44. The van der Waals surface area contributed by atoms with Crippen LogP contribution in [-0.2, 0) is 22.4 Å². The van der Waals surface area contributed by atoms with E-state index in [0.717, 1.165) is 38.0 Å². The molecule has 1 amide bonds. The number of anilines is 1. The summed E-state index contributed by atoms with van der Waals surface area (Å²) >= 11 is 12.8. The van der Waals surface area contributed by atoms with Crippen LogP contribution in [-0.4, -0.2) is 64.0 Å². The van der Waals surface area contributed by atoms with E-state index in [9.17, 15) is 14.8 Å². The molecule has 2 bridgehead atoms. The highest BCUT2D eigenvalue weighted by molar-refractivity contribution is 6.35. The number of carbonyl (C=O) groups is 2. The van der Waals surface area contributed by atoms with Crippen LogP contribution < -0.4 is 23.8 Å². The smallest absolute Gasteiger partial charge is 0.414 e. The molecule has 3 aliphatic heterocycles. The monoisotopic (exact) mass is 735 g/mol. The summed E-state index contributed by atoms with van der Waals surface area (Å²) in [6.07, 6.45) is 3.07. The number of fused-ring (bicyclic) bond motifs is 3. The largest absolute Gasteiger partial charge is 0.619 e. The molecule has 0 saturated carbocycles. The van der Waals surface area contributed by atoms with Crippen LogP contribution in [0.25, 0.3) is 0 Å². The quantitative estimate of drug-likeness (QED) is 0.0860. The Morgan fingerprint density at radius 3 is 2.16 bits per heavy atom. The Labute approximate surface area is 306 Å². The Hall–Kier alpha value is -4.71. The van der Waals surface area contributed by atoms with Gasteiger partial charge in [0.25, 0.3) is 0 Å². The predicted molar refractivity (Wildman–Crippen MR) is 192 cm³/mol. The van der Waals surface area contributed by atoms with E-state index in [2.05, 4.69) is 4.90 Å². The third-order valence-corrected chi connectivity index (χ3v) is 10.1. The van der Waals surface area contributed by atoms with Gasteiger partial charge in [0.2, 0.25) is 0 Å². The summed E-state index contributed by atoms with van der Waals surface area (Å²) in [5.41, 5.74) is 2.76. The number of esters is 1. The second-order valence-electron chi connectivity index (χ2n) is 12.5. The lowest BCUT2D eigenvalue weighted by molar-refractivity contribution is -0.605. The van der Waals surface area contributed by atoms with Gasteiger partial charge in [-0.25, -0.2) is 9.59 Å². The molecule has 0 radical (unpaired) electrons. The number of hydrogen-bond acceptors (Lipinski definition) is 9. The number of methoxy groups -OCH3 is 3. The number of carbonyl (C=O) groups excluding carboxylic acids is 2. The van der Waals surface area contributed by atoms with Crippen LogP contribution in [0, 0.1) is 11.1 Å². The van der Waals surface area contributed by atoms with E-state index in [4.69, 9.17) is 46.9 Å². The SMILES string of the molecule is COc1ccc(N(Cc2ccc(C(=O)O[C@H](Cc3c(Cl)c[n+]([O-])cc3Cl)c3ccc(OC)c(OC)c3)cc2)C(=O)O[C@H]2CN3CCC2CC3)cc1. The molecular weight excluding hydrogens is 697 g/mol. The van der Waals surface area contributed by atoms with Crippen LogP contribution in [0.15, 0.2) is 79.1 Å². The number of ether oxygens (including phenoxy) is 5. The fourth-order valence-corrected chi connectivity index (χ4v) is 7.18. The molecule has 3 aromatic carbocycles. The Balaban J connectivity index is 1.22. The van der Waals surface area contributed by atoms with Crippen molar-refractivity contribution in [3.05, 3.63) is 117 Å². The van der Waals surface area contributed by atoms with Crippen LogP contribution in [0.1, 0.15) is 46.0 Å². The zero-order chi connectivity index (χ0) is 36.1. The molecule has 268 valence electrons. The van der Waals surface area contributed by atoms with Crippen LogP contribution in [0.5, 0.6) is 17.2 Å². The molecule has 0 N–H and O–H groups in total. The van der Waals surface area contributed by atoms with Gasteiger partial charge in [-0.05, 0) is 91.5 Å². The normalized spacial score (nSPS) is 18.4. The molecular formula is C38H39Cl2N3O8. The van der Waals surface area contributed by atoms with Crippen LogP contribution >= 0.6 is 23.2 Å².